The van der Waals surface area contributed by atoms with E-state index in [9.17, 15) is 0 Å². The van der Waals surface area contributed by atoms with Crippen molar-refractivity contribution in [2.24, 2.45) is 4.99 Å². The molecule has 2 N–H and O–H groups in total. The molecule has 1 aromatic heterocycles. The van der Waals surface area contributed by atoms with Gasteiger partial charge in [0.1, 0.15) is 5.76 Å². The Bertz CT molecular complexity index is 778. The second-order valence-corrected chi connectivity index (χ2v) is 5.31. The van der Waals surface area contributed by atoms with Crippen LogP contribution in [-0.4, -0.2) is 12.5 Å². The number of hydrogen-bond acceptors (Lipinski definition) is 2. The molecule has 4 heteroatoms. The third-order valence-corrected chi connectivity index (χ3v) is 3.59. The highest BCUT2D eigenvalue weighted by molar-refractivity contribution is 5.83. The highest BCUT2D eigenvalue weighted by Gasteiger charge is 2.01. The molecule has 1 heterocycles. The molecule has 0 saturated carbocycles. The molecule has 0 aliphatic rings. The number of benzene rings is 2. The van der Waals surface area contributed by atoms with Crippen molar-refractivity contribution in [1.29, 1.82) is 0 Å². The first-order valence-corrected chi connectivity index (χ1v) is 7.87. The van der Waals surface area contributed by atoms with Gasteiger partial charge in [0.05, 0.1) is 19.4 Å². The summed E-state index contributed by atoms with van der Waals surface area (Å²) < 4.78 is 5.33. The van der Waals surface area contributed by atoms with Crippen LogP contribution in [-0.2, 0) is 13.1 Å². The van der Waals surface area contributed by atoms with Crippen LogP contribution < -0.4 is 10.6 Å². The molecule has 3 rings (SSSR count). The van der Waals surface area contributed by atoms with Crippen molar-refractivity contribution in [3.63, 3.8) is 0 Å². The van der Waals surface area contributed by atoms with Gasteiger partial charge < -0.3 is 15.1 Å². The number of furan rings is 1. The Balaban J connectivity index is 1.68. The molecule has 0 saturated heterocycles. The summed E-state index contributed by atoms with van der Waals surface area (Å²) in [5.41, 5.74) is 1.19. The quantitative estimate of drug-likeness (QED) is 0.558. The third-order valence-electron chi connectivity index (χ3n) is 3.59. The predicted octanol–water partition coefficient (Wildman–Crippen LogP) is 3.69. The summed E-state index contributed by atoms with van der Waals surface area (Å²) in [6, 6.07) is 18.7. The van der Waals surface area contributed by atoms with E-state index in [1.807, 2.05) is 12.1 Å². The number of hydrogen-bond donors (Lipinski definition) is 2. The van der Waals surface area contributed by atoms with E-state index in [0.717, 1.165) is 18.3 Å². The van der Waals surface area contributed by atoms with Gasteiger partial charge in [0.2, 0.25) is 0 Å². The lowest BCUT2D eigenvalue weighted by Crippen LogP contribution is -2.36. The van der Waals surface area contributed by atoms with Gasteiger partial charge in [-0.15, -0.1) is 0 Å². The number of rotatable bonds is 5. The first-order valence-electron chi connectivity index (χ1n) is 7.87. The zero-order chi connectivity index (χ0) is 15.9. The highest BCUT2D eigenvalue weighted by atomic mass is 16.3. The molecular weight excluding hydrogens is 286 g/mol. The number of nitrogens with one attached hydrogen (secondary N) is 2. The van der Waals surface area contributed by atoms with Crippen LogP contribution in [0.1, 0.15) is 18.2 Å². The van der Waals surface area contributed by atoms with Gasteiger partial charge in [-0.05, 0) is 41.5 Å². The summed E-state index contributed by atoms with van der Waals surface area (Å²) in [4.78, 5) is 4.64. The molecule has 0 spiro atoms. The van der Waals surface area contributed by atoms with E-state index in [1.54, 1.807) is 6.26 Å². The number of guanidine groups is 1. The normalized spacial score (nSPS) is 11.6. The maximum Gasteiger partial charge on any atom is 0.191 e. The van der Waals surface area contributed by atoms with Crippen molar-refractivity contribution < 1.29 is 4.42 Å². The second kappa shape index (κ2) is 7.49. The van der Waals surface area contributed by atoms with Gasteiger partial charge in [0.15, 0.2) is 5.96 Å². The highest BCUT2D eigenvalue weighted by Crippen LogP contribution is 2.16. The fourth-order valence-electron chi connectivity index (χ4n) is 2.43. The smallest absolute Gasteiger partial charge is 0.191 e. The standard InChI is InChI=1S/C19H21N3O/c1-2-20-19(22-14-18-8-5-11-23-18)21-13-15-9-10-16-6-3-4-7-17(16)12-15/h3-12H,2,13-14H2,1H3,(H2,20,21,22). The van der Waals surface area contributed by atoms with E-state index in [4.69, 9.17) is 4.42 Å². The minimum Gasteiger partial charge on any atom is -0.467 e. The zero-order valence-corrected chi connectivity index (χ0v) is 13.3. The summed E-state index contributed by atoms with van der Waals surface area (Å²) in [6.07, 6.45) is 1.68. The first kappa shape index (κ1) is 15.2. The predicted molar refractivity (Wildman–Crippen MR) is 94.3 cm³/mol. The Kier molecular flexibility index (Phi) is 4.94. The summed E-state index contributed by atoms with van der Waals surface area (Å²) in [7, 11) is 0. The molecule has 0 fully saturated rings. The molecule has 4 nitrogen and oxygen atoms in total. The Hall–Kier alpha value is -2.75. The van der Waals surface area contributed by atoms with Gasteiger partial charge in [-0.2, -0.15) is 0 Å². The first-order chi connectivity index (χ1) is 11.3. The summed E-state index contributed by atoms with van der Waals surface area (Å²) in [5.74, 6) is 1.68. The van der Waals surface area contributed by atoms with Gasteiger partial charge in [-0.25, -0.2) is 4.99 Å². The van der Waals surface area contributed by atoms with Gasteiger partial charge in [0.25, 0.3) is 0 Å². The zero-order valence-electron chi connectivity index (χ0n) is 13.3. The summed E-state index contributed by atoms with van der Waals surface area (Å²) >= 11 is 0. The minimum atomic E-state index is 0.622. The molecule has 118 valence electrons. The van der Waals surface area contributed by atoms with Gasteiger partial charge in [-0.3, -0.25) is 0 Å². The molecule has 0 aliphatic carbocycles. The van der Waals surface area contributed by atoms with E-state index in [-0.39, 0.29) is 0 Å². The van der Waals surface area contributed by atoms with Gasteiger partial charge in [0, 0.05) is 6.54 Å². The average Bonchev–Trinajstić information content (AvgIpc) is 3.11. The molecule has 23 heavy (non-hydrogen) atoms. The lowest BCUT2D eigenvalue weighted by molar-refractivity contribution is 0.501. The van der Waals surface area contributed by atoms with Gasteiger partial charge in [-0.1, -0.05) is 36.4 Å². The van der Waals surface area contributed by atoms with Crippen LogP contribution in [0.25, 0.3) is 10.8 Å². The van der Waals surface area contributed by atoms with Crippen molar-refractivity contribution in [2.45, 2.75) is 20.0 Å². The molecule has 0 aliphatic heterocycles. The minimum absolute atomic E-state index is 0.622. The van der Waals surface area contributed by atoms with Crippen LogP contribution in [0.2, 0.25) is 0 Å². The Labute approximate surface area is 136 Å². The molecule has 0 radical (unpaired) electrons. The van der Waals surface area contributed by atoms with Crippen LogP contribution in [0.3, 0.4) is 0 Å². The fraction of sp³-hybridized carbons (Fsp3) is 0.211. The maximum absolute atomic E-state index is 5.33. The summed E-state index contributed by atoms with van der Waals surface area (Å²) in [6.45, 7) is 4.14. The molecule has 3 aromatic rings. The van der Waals surface area contributed by atoms with Crippen LogP contribution in [0.15, 0.2) is 70.3 Å². The van der Waals surface area contributed by atoms with Crippen LogP contribution in [0.5, 0.6) is 0 Å². The van der Waals surface area contributed by atoms with E-state index in [0.29, 0.717) is 13.1 Å². The van der Waals surface area contributed by atoms with E-state index < -0.39 is 0 Å². The van der Waals surface area contributed by atoms with Gasteiger partial charge >= 0.3 is 0 Å². The lowest BCUT2D eigenvalue weighted by atomic mass is 10.1. The van der Waals surface area contributed by atoms with Crippen molar-refractivity contribution >= 4 is 16.7 Å². The second-order valence-electron chi connectivity index (χ2n) is 5.31. The average molecular weight is 307 g/mol. The lowest BCUT2D eigenvalue weighted by Gasteiger charge is -2.10. The fourth-order valence-corrected chi connectivity index (χ4v) is 2.43. The molecule has 2 aromatic carbocycles. The van der Waals surface area contributed by atoms with Crippen LogP contribution >= 0.6 is 0 Å². The molecular formula is C19H21N3O. The van der Waals surface area contributed by atoms with Crippen LogP contribution in [0, 0.1) is 0 Å². The summed E-state index contributed by atoms with van der Waals surface area (Å²) in [5, 5.41) is 9.02. The molecule has 0 unspecified atom stereocenters. The molecule has 0 bridgehead atoms. The van der Waals surface area contributed by atoms with Crippen molar-refractivity contribution in [2.75, 3.05) is 6.54 Å². The van der Waals surface area contributed by atoms with Crippen LogP contribution in [0.4, 0.5) is 0 Å². The largest absolute Gasteiger partial charge is 0.467 e. The van der Waals surface area contributed by atoms with Crippen molar-refractivity contribution in [1.82, 2.24) is 10.6 Å². The van der Waals surface area contributed by atoms with Crippen molar-refractivity contribution in [3.8, 4) is 0 Å². The Morgan fingerprint density at radius 2 is 1.87 bits per heavy atom. The van der Waals surface area contributed by atoms with Crippen molar-refractivity contribution in [3.05, 3.63) is 72.2 Å². The Morgan fingerprint density at radius 1 is 1.00 bits per heavy atom. The SMILES string of the molecule is CCNC(=NCc1ccc2ccccc2c1)NCc1ccco1. The monoisotopic (exact) mass is 307 g/mol. The number of nitrogens with zero attached hydrogens (tertiary/aromatic N) is 1. The van der Waals surface area contributed by atoms with E-state index in [1.165, 1.54) is 16.3 Å². The topological polar surface area (TPSA) is 49.6 Å². The maximum atomic E-state index is 5.33. The number of aliphatic imine (C=N–C) groups is 1. The number of fused-ring (bicyclic) bond motifs is 1. The molecule has 0 amide bonds. The van der Waals surface area contributed by atoms with E-state index in [2.05, 4.69) is 65.0 Å². The van der Waals surface area contributed by atoms with E-state index >= 15 is 0 Å². The molecule has 0 atom stereocenters. The third kappa shape index (κ3) is 4.13. The Morgan fingerprint density at radius 3 is 2.65 bits per heavy atom.